The number of benzene rings is 1. The highest BCUT2D eigenvalue weighted by Crippen LogP contribution is 2.25. The minimum atomic E-state index is -0.0802. The molecule has 2 N–H and O–H groups in total. The second kappa shape index (κ2) is 7.16. The number of urea groups is 1. The van der Waals surface area contributed by atoms with Gasteiger partial charge in [-0.1, -0.05) is 23.2 Å². The SMILES string of the molecule is CNCC1CCCCN1C(=O)Nc1ccc(Cl)c(Cl)c1. The van der Waals surface area contributed by atoms with Gasteiger partial charge in [-0.3, -0.25) is 0 Å². The summed E-state index contributed by atoms with van der Waals surface area (Å²) < 4.78 is 0. The number of hydrogen-bond acceptors (Lipinski definition) is 2. The van der Waals surface area contributed by atoms with Crippen LogP contribution in [0.3, 0.4) is 0 Å². The highest BCUT2D eigenvalue weighted by Gasteiger charge is 2.26. The van der Waals surface area contributed by atoms with Crippen LogP contribution in [0.25, 0.3) is 0 Å². The van der Waals surface area contributed by atoms with Crippen molar-refractivity contribution < 1.29 is 4.79 Å². The van der Waals surface area contributed by atoms with Gasteiger partial charge in [-0.25, -0.2) is 4.79 Å². The molecule has 1 saturated heterocycles. The molecule has 1 aromatic carbocycles. The van der Waals surface area contributed by atoms with Crippen LogP contribution >= 0.6 is 23.2 Å². The fraction of sp³-hybridized carbons (Fsp3) is 0.500. The number of carbonyl (C=O) groups excluding carboxylic acids is 1. The first-order valence-electron chi connectivity index (χ1n) is 6.79. The summed E-state index contributed by atoms with van der Waals surface area (Å²) in [7, 11) is 1.91. The number of halogens is 2. The molecule has 2 amide bonds. The van der Waals surface area contributed by atoms with Crippen LogP contribution in [0.4, 0.5) is 10.5 Å². The minimum Gasteiger partial charge on any atom is -0.320 e. The summed E-state index contributed by atoms with van der Waals surface area (Å²) in [6.45, 7) is 1.61. The van der Waals surface area contributed by atoms with E-state index in [2.05, 4.69) is 10.6 Å². The first-order valence-corrected chi connectivity index (χ1v) is 7.54. The molecule has 110 valence electrons. The van der Waals surface area contributed by atoms with E-state index in [4.69, 9.17) is 23.2 Å². The maximum absolute atomic E-state index is 12.4. The van der Waals surface area contributed by atoms with Gasteiger partial charge in [0.25, 0.3) is 0 Å². The Labute approximate surface area is 129 Å². The first kappa shape index (κ1) is 15.4. The van der Waals surface area contributed by atoms with Crippen molar-refractivity contribution in [3.05, 3.63) is 28.2 Å². The molecular formula is C14H19Cl2N3O. The Morgan fingerprint density at radius 1 is 1.35 bits per heavy atom. The van der Waals surface area contributed by atoms with Crippen molar-refractivity contribution in [1.29, 1.82) is 0 Å². The van der Waals surface area contributed by atoms with Crippen LogP contribution in [0.15, 0.2) is 18.2 Å². The van der Waals surface area contributed by atoms with Crippen LogP contribution in [-0.2, 0) is 0 Å². The summed E-state index contributed by atoms with van der Waals surface area (Å²) in [5.41, 5.74) is 0.665. The number of likely N-dealkylation sites (N-methyl/N-ethyl adjacent to an activating group) is 1. The molecule has 1 atom stereocenters. The number of carbonyl (C=O) groups is 1. The second-order valence-electron chi connectivity index (χ2n) is 4.96. The summed E-state index contributed by atoms with van der Waals surface area (Å²) >= 11 is 11.8. The van der Waals surface area contributed by atoms with Crippen LogP contribution in [0.1, 0.15) is 19.3 Å². The lowest BCUT2D eigenvalue weighted by molar-refractivity contribution is 0.162. The van der Waals surface area contributed by atoms with Gasteiger partial charge in [0.1, 0.15) is 0 Å². The van der Waals surface area contributed by atoms with Crippen molar-refractivity contribution in [2.75, 3.05) is 25.5 Å². The molecule has 1 heterocycles. The maximum atomic E-state index is 12.4. The molecular weight excluding hydrogens is 297 g/mol. The van der Waals surface area contributed by atoms with Gasteiger partial charge >= 0.3 is 6.03 Å². The van der Waals surface area contributed by atoms with Crippen molar-refractivity contribution in [3.63, 3.8) is 0 Å². The Kier molecular flexibility index (Phi) is 5.52. The van der Waals surface area contributed by atoms with E-state index >= 15 is 0 Å². The predicted molar refractivity (Wildman–Crippen MR) is 83.8 cm³/mol. The molecule has 1 aromatic rings. The van der Waals surface area contributed by atoms with E-state index in [9.17, 15) is 4.79 Å². The van der Waals surface area contributed by atoms with E-state index in [1.807, 2.05) is 11.9 Å². The summed E-state index contributed by atoms with van der Waals surface area (Å²) in [6.07, 6.45) is 3.26. The molecule has 0 aliphatic carbocycles. The van der Waals surface area contributed by atoms with Gasteiger partial charge in [0.15, 0.2) is 0 Å². The van der Waals surface area contributed by atoms with Gasteiger partial charge in [-0.05, 0) is 44.5 Å². The van der Waals surface area contributed by atoms with Gasteiger partial charge < -0.3 is 15.5 Å². The lowest BCUT2D eigenvalue weighted by Crippen LogP contribution is -2.49. The number of nitrogens with one attached hydrogen (secondary N) is 2. The van der Waals surface area contributed by atoms with Gasteiger partial charge in [-0.15, -0.1) is 0 Å². The Balaban J connectivity index is 2.03. The summed E-state index contributed by atoms with van der Waals surface area (Å²) in [4.78, 5) is 14.3. The summed E-state index contributed by atoms with van der Waals surface area (Å²) in [6, 6.07) is 5.27. The van der Waals surface area contributed by atoms with Crippen LogP contribution < -0.4 is 10.6 Å². The first-order chi connectivity index (χ1) is 9.61. The average Bonchev–Trinajstić information content (AvgIpc) is 2.44. The van der Waals surface area contributed by atoms with Crippen LogP contribution in [0.2, 0.25) is 10.0 Å². The smallest absolute Gasteiger partial charge is 0.320 e. The Morgan fingerprint density at radius 2 is 2.15 bits per heavy atom. The van der Waals surface area contributed by atoms with Crippen LogP contribution in [0, 0.1) is 0 Å². The maximum Gasteiger partial charge on any atom is 0.322 e. The van der Waals surface area contributed by atoms with Gasteiger partial charge in [-0.2, -0.15) is 0 Å². The Bertz CT molecular complexity index is 479. The predicted octanol–water partition coefficient (Wildman–Crippen LogP) is 3.60. The highest BCUT2D eigenvalue weighted by atomic mass is 35.5. The van der Waals surface area contributed by atoms with Crippen molar-refractivity contribution in [2.24, 2.45) is 0 Å². The molecule has 0 bridgehead atoms. The van der Waals surface area contributed by atoms with Gasteiger partial charge in [0.2, 0.25) is 0 Å². The van der Waals surface area contributed by atoms with Crippen molar-refractivity contribution in [2.45, 2.75) is 25.3 Å². The summed E-state index contributed by atoms with van der Waals surface area (Å²) in [5.74, 6) is 0. The fourth-order valence-corrected chi connectivity index (χ4v) is 2.78. The largest absolute Gasteiger partial charge is 0.322 e. The van der Waals surface area contributed by atoms with E-state index in [0.29, 0.717) is 15.7 Å². The number of piperidine rings is 1. The Morgan fingerprint density at radius 3 is 2.85 bits per heavy atom. The van der Waals surface area contributed by atoms with E-state index in [1.54, 1.807) is 18.2 Å². The average molecular weight is 316 g/mol. The number of likely N-dealkylation sites (tertiary alicyclic amines) is 1. The number of nitrogens with zero attached hydrogens (tertiary/aromatic N) is 1. The van der Waals surface area contributed by atoms with Gasteiger partial charge in [0, 0.05) is 24.8 Å². The van der Waals surface area contributed by atoms with Crippen molar-refractivity contribution in [1.82, 2.24) is 10.2 Å². The topological polar surface area (TPSA) is 44.4 Å². The monoisotopic (exact) mass is 315 g/mol. The van der Waals surface area contributed by atoms with Gasteiger partial charge in [0.05, 0.1) is 10.0 Å². The molecule has 6 heteroatoms. The van der Waals surface area contributed by atoms with E-state index in [0.717, 1.165) is 25.9 Å². The molecule has 0 aromatic heterocycles. The standard InChI is InChI=1S/C14H19Cl2N3O/c1-17-9-11-4-2-3-7-19(11)14(20)18-10-5-6-12(15)13(16)8-10/h5-6,8,11,17H,2-4,7,9H2,1H3,(H,18,20). The zero-order valence-corrected chi connectivity index (χ0v) is 13.0. The molecule has 0 saturated carbocycles. The number of hydrogen-bond donors (Lipinski definition) is 2. The quantitative estimate of drug-likeness (QED) is 0.895. The van der Waals surface area contributed by atoms with Crippen LogP contribution in [-0.4, -0.2) is 37.1 Å². The zero-order chi connectivity index (χ0) is 14.5. The molecule has 0 spiro atoms. The molecule has 1 fully saturated rings. The molecule has 0 radical (unpaired) electrons. The fourth-order valence-electron chi connectivity index (χ4n) is 2.48. The van der Waals surface area contributed by atoms with Crippen molar-refractivity contribution in [3.8, 4) is 0 Å². The molecule has 1 aliphatic rings. The molecule has 4 nitrogen and oxygen atoms in total. The van der Waals surface area contributed by atoms with Crippen molar-refractivity contribution >= 4 is 34.9 Å². The van der Waals surface area contributed by atoms with E-state index in [1.165, 1.54) is 6.42 Å². The zero-order valence-electron chi connectivity index (χ0n) is 11.5. The third kappa shape index (κ3) is 3.78. The molecule has 1 aliphatic heterocycles. The molecule has 1 unspecified atom stereocenters. The normalized spacial score (nSPS) is 18.9. The number of anilines is 1. The Hall–Kier alpha value is -0.970. The third-order valence-electron chi connectivity index (χ3n) is 3.50. The van der Waals surface area contributed by atoms with Crippen LogP contribution in [0.5, 0.6) is 0 Å². The number of amides is 2. The third-order valence-corrected chi connectivity index (χ3v) is 4.24. The minimum absolute atomic E-state index is 0.0802. The lowest BCUT2D eigenvalue weighted by Gasteiger charge is -2.35. The van der Waals surface area contributed by atoms with E-state index in [-0.39, 0.29) is 12.1 Å². The lowest BCUT2D eigenvalue weighted by atomic mass is 10.0. The van der Waals surface area contributed by atoms with E-state index < -0.39 is 0 Å². The molecule has 2 rings (SSSR count). The summed E-state index contributed by atoms with van der Waals surface area (Å²) in [5, 5.41) is 6.95. The number of rotatable bonds is 3. The highest BCUT2D eigenvalue weighted by molar-refractivity contribution is 6.42. The molecule has 20 heavy (non-hydrogen) atoms. The second-order valence-corrected chi connectivity index (χ2v) is 5.77.